The molecule has 0 bridgehead atoms. The molecule has 0 saturated heterocycles. The third-order valence-corrected chi connectivity index (χ3v) is 5.88. The number of H-pyrrole nitrogens is 1. The molecule has 4 aromatic rings. The highest BCUT2D eigenvalue weighted by atomic mass is 35.5. The van der Waals surface area contributed by atoms with Crippen LogP contribution in [0.4, 0.5) is 10.8 Å². The third kappa shape index (κ3) is 2.60. The minimum atomic E-state index is -0.573. The summed E-state index contributed by atoms with van der Waals surface area (Å²) in [6.45, 7) is 0. The topological polar surface area (TPSA) is 82.7 Å². The number of amides is 1. The number of thiazole rings is 1. The minimum absolute atomic E-state index is 0.0602. The second-order valence-corrected chi connectivity index (χ2v) is 7.87. The van der Waals surface area contributed by atoms with Crippen molar-refractivity contribution in [3.05, 3.63) is 47.6 Å². The fraction of sp³-hybridized carbons (Fsp3) is 0.167. The van der Waals surface area contributed by atoms with Gasteiger partial charge in [0.2, 0.25) is 0 Å². The van der Waals surface area contributed by atoms with Gasteiger partial charge in [0.25, 0.3) is 5.91 Å². The lowest BCUT2D eigenvalue weighted by Crippen LogP contribution is -2.36. The fourth-order valence-electron chi connectivity index (χ4n) is 3.02. The molecule has 26 heavy (non-hydrogen) atoms. The van der Waals surface area contributed by atoms with Gasteiger partial charge in [-0.2, -0.15) is 5.10 Å². The predicted octanol–water partition coefficient (Wildman–Crippen LogP) is 4.41. The average Bonchev–Trinajstić information content (AvgIpc) is 3.07. The van der Waals surface area contributed by atoms with Crippen molar-refractivity contribution in [2.75, 3.05) is 10.6 Å². The summed E-state index contributed by atoms with van der Waals surface area (Å²) < 4.78 is 1.02. The van der Waals surface area contributed by atoms with Gasteiger partial charge in [-0.3, -0.25) is 15.2 Å². The smallest absolute Gasteiger partial charge is 0.251 e. The number of benzene rings is 2. The quantitative estimate of drug-likeness (QED) is 0.487. The number of rotatable bonds is 4. The van der Waals surface area contributed by atoms with Crippen LogP contribution in [0, 0.1) is 0 Å². The Balaban J connectivity index is 1.39. The number of carbonyl (C=O) groups excluding carboxylic acids is 1. The monoisotopic (exact) mass is 383 g/mol. The predicted molar refractivity (Wildman–Crippen MR) is 105 cm³/mol. The third-order valence-electron chi connectivity index (χ3n) is 4.61. The lowest BCUT2D eigenvalue weighted by atomic mass is 10.2. The Morgan fingerprint density at radius 1 is 1.19 bits per heavy atom. The van der Waals surface area contributed by atoms with Crippen LogP contribution >= 0.6 is 22.9 Å². The number of hydrogen-bond donors (Lipinski definition) is 3. The maximum absolute atomic E-state index is 12.8. The summed E-state index contributed by atoms with van der Waals surface area (Å²) in [5, 5.41) is 15.6. The van der Waals surface area contributed by atoms with Gasteiger partial charge in [-0.25, -0.2) is 4.98 Å². The van der Waals surface area contributed by atoms with Crippen LogP contribution in [0.5, 0.6) is 0 Å². The zero-order valence-electron chi connectivity index (χ0n) is 13.5. The molecular formula is C18H14ClN5OS. The molecule has 5 rings (SSSR count). The second kappa shape index (κ2) is 5.69. The lowest BCUT2D eigenvalue weighted by Gasteiger charge is -2.17. The van der Waals surface area contributed by atoms with Gasteiger partial charge in [0.15, 0.2) is 5.13 Å². The Bertz CT molecular complexity index is 1130. The SMILES string of the molecule is O=C(Nc1nc2ccc3[nH]ncc3c2s1)C1(Nc2ccc(Cl)cc2)CC1. The Morgan fingerprint density at radius 3 is 2.77 bits per heavy atom. The van der Waals surface area contributed by atoms with E-state index in [2.05, 4.69) is 25.8 Å². The molecule has 0 radical (unpaired) electrons. The summed E-state index contributed by atoms with van der Waals surface area (Å²) >= 11 is 7.38. The van der Waals surface area contributed by atoms with Gasteiger partial charge in [0, 0.05) is 16.1 Å². The number of halogens is 1. The van der Waals surface area contributed by atoms with E-state index in [1.807, 2.05) is 36.4 Å². The van der Waals surface area contributed by atoms with E-state index in [0.29, 0.717) is 10.2 Å². The van der Waals surface area contributed by atoms with Gasteiger partial charge < -0.3 is 5.32 Å². The normalized spacial score (nSPS) is 15.3. The van der Waals surface area contributed by atoms with E-state index < -0.39 is 5.54 Å². The molecule has 0 atom stereocenters. The van der Waals surface area contributed by atoms with Crippen molar-refractivity contribution in [3.8, 4) is 0 Å². The summed E-state index contributed by atoms with van der Waals surface area (Å²) in [7, 11) is 0. The first kappa shape index (κ1) is 15.6. The Kier molecular flexibility index (Phi) is 3.41. The van der Waals surface area contributed by atoms with Gasteiger partial charge in [-0.1, -0.05) is 22.9 Å². The maximum Gasteiger partial charge on any atom is 0.251 e. The van der Waals surface area contributed by atoms with Gasteiger partial charge in [-0.15, -0.1) is 0 Å². The highest BCUT2D eigenvalue weighted by Crippen LogP contribution is 2.41. The fourth-order valence-corrected chi connectivity index (χ4v) is 4.12. The van der Waals surface area contributed by atoms with Crippen molar-refractivity contribution < 1.29 is 4.79 Å². The van der Waals surface area contributed by atoms with Crippen LogP contribution in [-0.4, -0.2) is 26.6 Å². The lowest BCUT2D eigenvalue weighted by molar-refractivity contribution is -0.117. The summed E-state index contributed by atoms with van der Waals surface area (Å²) in [5.74, 6) is -0.0602. The molecule has 0 spiro atoms. The van der Waals surface area contributed by atoms with Gasteiger partial charge >= 0.3 is 0 Å². The number of nitrogens with one attached hydrogen (secondary N) is 3. The van der Waals surface area contributed by atoms with Crippen molar-refractivity contribution >= 4 is 60.8 Å². The van der Waals surface area contributed by atoms with Crippen molar-refractivity contribution in [2.45, 2.75) is 18.4 Å². The van der Waals surface area contributed by atoms with E-state index >= 15 is 0 Å². The number of hydrogen-bond acceptors (Lipinski definition) is 5. The van der Waals surface area contributed by atoms with E-state index in [9.17, 15) is 4.79 Å². The zero-order chi connectivity index (χ0) is 17.7. The van der Waals surface area contributed by atoms with Crippen molar-refractivity contribution in [2.24, 2.45) is 0 Å². The van der Waals surface area contributed by atoms with Crippen molar-refractivity contribution in [3.63, 3.8) is 0 Å². The molecule has 1 saturated carbocycles. The van der Waals surface area contributed by atoms with Gasteiger partial charge in [0.05, 0.1) is 21.9 Å². The molecule has 0 unspecified atom stereocenters. The minimum Gasteiger partial charge on any atom is -0.371 e. The van der Waals surface area contributed by atoms with E-state index in [-0.39, 0.29) is 5.91 Å². The maximum atomic E-state index is 12.8. The molecule has 0 aliphatic heterocycles. The molecule has 1 amide bonds. The van der Waals surface area contributed by atoms with Crippen LogP contribution in [0.3, 0.4) is 0 Å². The first-order chi connectivity index (χ1) is 12.6. The summed E-state index contributed by atoms with van der Waals surface area (Å²) in [5.41, 5.74) is 2.12. The first-order valence-electron chi connectivity index (χ1n) is 8.21. The van der Waals surface area contributed by atoms with Crippen LogP contribution in [0.2, 0.25) is 5.02 Å². The number of aromatic nitrogens is 3. The van der Waals surface area contributed by atoms with E-state index in [1.165, 1.54) is 11.3 Å². The molecule has 1 aliphatic carbocycles. The Labute approximate surface area is 157 Å². The second-order valence-electron chi connectivity index (χ2n) is 6.43. The van der Waals surface area contributed by atoms with Crippen molar-refractivity contribution in [1.82, 2.24) is 15.2 Å². The summed E-state index contributed by atoms with van der Waals surface area (Å²) in [4.78, 5) is 17.3. The first-order valence-corrected chi connectivity index (χ1v) is 9.40. The van der Waals surface area contributed by atoms with E-state index in [1.54, 1.807) is 6.20 Å². The molecular weight excluding hydrogens is 370 g/mol. The average molecular weight is 384 g/mol. The molecule has 1 fully saturated rings. The number of nitrogens with zero attached hydrogens (tertiary/aromatic N) is 2. The van der Waals surface area contributed by atoms with E-state index in [0.717, 1.165) is 39.6 Å². The van der Waals surface area contributed by atoms with E-state index in [4.69, 9.17) is 11.6 Å². The highest BCUT2D eigenvalue weighted by Gasteiger charge is 2.50. The highest BCUT2D eigenvalue weighted by molar-refractivity contribution is 7.23. The molecule has 2 heterocycles. The molecule has 2 aromatic carbocycles. The molecule has 8 heteroatoms. The summed E-state index contributed by atoms with van der Waals surface area (Å²) in [6.07, 6.45) is 3.36. The van der Waals surface area contributed by atoms with Crippen LogP contribution in [0.15, 0.2) is 42.6 Å². The van der Waals surface area contributed by atoms with Crippen molar-refractivity contribution in [1.29, 1.82) is 0 Å². The molecule has 6 nitrogen and oxygen atoms in total. The van der Waals surface area contributed by atoms with Crippen LogP contribution in [0.1, 0.15) is 12.8 Å². The summed E-state index contributed by atoms with van der Waals surface area (Å²) in [6, 6.07) is 11.2. The zero-order valence-corrected chi connectivity index (χ0v) is 15.1. The Morgan fingerprint density at radius 2 is 2.00 bits per heavy atom. The van der Waals surface area contributed by atoms with Crippen LogP contribution in [0.25, 0.3) is 21.1 Å². The number of fused-ring (bicyclic) bond motifs is 3. The molecule has 1 aliphatic rings. The number of anilines is 2. The number of carbonyl (C=O) groups is 1. The largest absolute Gasteiger partial charge is 0.371 e. The Hall–Kier alpha value is -2.64. The molecule has 3 N–H and O–H groups in total. The van der Waals surface area contributed by atoms with Gasteiger partial charge in [-0.05, 0) is 49.2 Å². The molecule has 130 valence electrons. The molecule has 2 aromatic heterocycles. The standard InChI is InChI=1S/C18H14ClN5OS/c19-10-1-3-11(4-2-10)23-18(7-8-18)16(25)22-17-21-14-6-5-13-12(9-20-24-13)15(14)26-17/h1-6,9,23H,7-8H2,(H,20,24)(H,21,22,25). The van der Waals surface area contributed by atoms with Crippen LogP contribution in [-0.2, 0) is 4.79 Å². The van der Waals surface area contributed by atoms with Gasteiger partial charge in [0.1, 0.15) is 5.54 Å². The van der Waals surface area contributed by atoms with Crippen LogP contribution < -0.4 is 10.6 Å². The number of aromatic amines is 1.